The Morgan fingerprint density at radius 2 is 1.33 bits per heavy atom. The first-order valence-electron chi connectivity index (χ1n) is 5.07. The normalized spacial score (nSPS) is 35.2. The highest BCUT2D eigenvalue weighted by atomic mass is 14.3. The summed E-state index contributed by atoms with van der Waals surface area (Å²) in [5, 5.41) is 0. The van der Waals surface area contributed by atoms with E-state index in [2.05, 4.69) is 26.0 Å². The van der Waals surface area contributed by atoms with Crippen molar-refractivity contribution >= 4 is 0 Å². The van der Waals surface area contributed by atoms with Crippen LogP contribution in [0.2, 0.25) is 0 Å². The highest BCUT2D eigenvalue weighted by Crippen LogP contribution is 2.39. The molecule has 0 aromatic heterocycles. The lowest BCUT2D eigenvalue weighted by Crippen LogP contribution is -2.21. The standard InChI is InChI=1S/C12H18/c1-9-3-5-12-8-10(2)4-6-11(12)7-9/h3-4,11-12H,5-8H2,1-2H3. The molecule has 0 aliphatic heterocycles. The van der Waals surface area contributed by atoms with Crippen molar-refractivity contribution in [1.82, 2.24) is 0 Å². The van der Waals surface area contributed by atoms with Gasteiger partial charge in [0, 0.05) is 0 Å². The Kier molecular flexibility index (Phi) is 2.08. The molecule has 0 heterocycles. The SMILES string of the molecule is CC1=CCC2CC(C)=CCC2C1. The number of fused-ring (bicyclic) bond motifs is 1. The van der Waals surface area contributed by atoms with Crippen LogP contribution in [0.15, 0.2) is 23.3 Å². The van der Waals surface area contributed by atoms with Gasteiger partial charge in [-0.25, -0.2) is 0 Å². The van der Waals surface area contributed by atoms with Crippen LogP contribution < -0.4 is 0 Å². The van der Waals surface area contributed by atoms with Gasteiger partial charge >= 0.3 is 0 Å². The summed E-state index contributed by atoms with van der Waals surface area (Å²) < 4.78 is 0. The monoisotopic (exact) mass is 162 g/mol. The Morgan fingerprint density at radius 1 is 0.917 bits per heavy atom. The molecule has 66 valence electrons. The van der Waals surface area contributed by atoms with Gasteiger partial charge in [-0.2, -0.15) is 0 Å². The van der Waals surface area contributed by atoms with Crippen LogP contribution in [0.4, 0.5) is 0 Å². The fraction of sp³-hybridized carbons (Fsp3) is 0.667. The predicted molar refractivity (Wildman–Crippen MR) is 53.0 cm³/mol. The second kappa shape index (κ2) is 3.08. The summed E-state index contributed by atoms with van der Waals surface area (Å²) in [4.78, 5) is 0. The summed E-state index contributed by atoms with van der Waals surface area (Å²) in [6.07, 6.45) is 10.3. The van der Waals surface area contributed by atoms with Gasteiger partial charge in [-0.1, -0.05) is 23.3 Å². The number of hydrogen-bond acceptors (Lipinski definition) is 0. The van der Waals surface area contributed by atoms with Crippen LogP contribution in [0.25, 0.3) is 0 Å². The zero-order valence-corrected chi connectivity index (χ0v) is 8.14. The van der Waals surface area contributed by atoms with E-state index in [1.165, 1.54) is 25.7 Å². The quantitative estimate of drug-likeness (QED) is 0.476. The van der Waals surface area contributed by atoms with Crippen molar-refractivity contribution in [3.63, 3.8) is 0 Å². The molecule has 0 spiro atoms. The number of rotatable bonds is 0. The first-order chi connectivity index (χ1) is 5.75. The minimum Gasteiger partial charge on any atom is -0.0853 e. The lowest BCUT2D eigenvalue weighted by atomic mass is 9.72. The summed E-state index contributed by atoms with van der Waals surface area (Å²) in [5.74, 6) is 1.94. The Balaban J connectivity index is 2.10. The van der Waals surface area contributed by atoms with Crippen LogP contribution in [-0.2, 0) is 0 Å². The van der Waals surface area contributed by atoms with Crippen LogP contribution in [0.1, 0.15) is 39.5 Å². The number of allylic oxidation sites excluding steroid dienone is 4. The summed E-state index contributed by atoms with van der Waals surface area (Å²) in [6.45, 7) is 4.56. The fourth-order valence-electron chi connectivity index (χ4n) is 2.58. The molecule has 2 rings (SSSR count). The smallest absolute Gasteiger partial charge is 0.0289 e. The third-order valence-corrected chi connectivity index (χ3v) is 3.37. The van der Waals surface area contributed by atoms with Crippen molar-refractivity contribution in [2.45, 2.75) is 39.5 Å². The molecule has 2 aliphatic rings. The van der Waals surface area contributed by atoms with E-state index in [9.17, 15) is 0 Å². The van der Waals surface area contributed by atoms with Crippen LogP contribution in [0, 0.1) is 11.8 Å². The van der Waals surface area contributed by atoms with E-state index in [1.54, 1.807) is 11.1 Å². The number of hydrogen-bond donors (Lipinski definition) is 0. The average Bonchev–Trinajstić information content (AvgIpc) is 2.05. The second-order valence-electron chi connectivity index (χ2n) is 4.50. The van der Waals surface area contributed by atoms with Crippen molar-refractivity contribution in [3.8, 4) is 0 Å². The predicted octanol–water partition coefficient (Wildman–Crippen LogP) is 3.70. The maximum atomic E-state index is 2.44. The Hall–Kier alpha value is -0.520. The van der Waals surface area contributed by atoms with Crippen LogP contribution in [-0.4, -0.2) is 0 Å². The Labute approximate surface area is 75.4 Å². The first-order valence-corrected chi connectivity index (χ1v) is 5.07. The minimum absolute atomic E-state index is 0.971. The topological polar surface area (TPSA) is 0 Å². The molecule has 0 saturated heterocycles. The van der Waals surface area contributed by atoms with Crippen molar-refractivity contribution in [3.05, 3.63) is 23.3 Å². The van der Waals surface area contributed by atoms with E-state index < -0.39 is 0 Å². The van der Waals surface area contributed by atoms with Gasteiger partial charge in [-0.05, 0) is 51.4 Å². The molecule has 0 N–H and O–H groups in total. The molecule has 0 amide bonds. The van der Waals surface area contributed by atoms with Crippen molar-refractivity contribution in [1.29, 1.82) is 0 Å². The molecule has 2 atom stereocenters. The van der Waals surface area contributed by atoms with Gasteiger partial charge in [-0.15, -0.1) is 0 Å². The second-order valence-corrected chi connectivity index (χ2v) is 4.50. The Morgan fingerprint density at radius 3 is 1.75 bits per heavy atom. The highest BCUT2D eigenvalue weighted by molar-refractivity contribution is 5.13. The van der Waals surface area contributed by atoms with Crippen molar-refractivity contribution in [2.24, 2.45) is 11.8 Å². The summed E-state index contributed by atoms with van der Waals surface area (Å²) in [7, 11) is 0. The van der Waals surface area contributed by atoms with E-state index in [4.69, 9.17) is 0 Å². The van der Waals surface area contributed by atoms with Gasteiger partial charge in [0.1, 0.15) is 0 Å². The maximum Gasteiger partial charge on any atom is -0.0289 e. The van der Waals surface area contributed by atoms with Crippen LogP contribution in [0.3, 0.4) is 0 Å². The molecule has 0 bridgehead atoms. The molecule has 0 fully saturated rings. The fourth-order valence-corrected chi connectivity index (χ4v) is 2.58. The molecule has 0 aromatic carbocycles. The molecule has 0 radical (unpaired) electrons. The van der Waals surface area contributed by atoms with E-state index in [0.29, 0.717) is 0 Å². The Bertz CT molecular complexity index is 206. The molecule has 0 heteroatoms. The minimum atomic E-state index is 0.971. The van der Waals surface area contributed by atoms with Gasteiger partial charge < -0.3 is 0 Å². The van der Waals surface area contributed by atoms with Crippen molar-refractivity contribution in [2.75, 3.05) is 0 Å². The van der Waals surface area contributed by atoms with Crippen LogP contribution >= 0.6 is 0 Å². The van der Waals surface area contributed by atoms with E-state index in [-0.39, 0.29) is 0 Å². The molecule has 2 unspecified atom stereocenters. The first kappa shape index (κ1) is 8.10. The van der Waals surface area contributed by atoms with Crippen molar-refractivity contribution < 1.29 is 0 Å². The molecule has 0 saturated carbocycles. The summed E-state index contributed by atoms with van der Waals surface area (Å²) in [6, 6.07) is 0. The third kappa shape index (κ3) is 1.48. The van der Waals surface area contributed by atoms with E-state index in [1.807, 2.05) is 0 Å². The zero-order valence-electron chi connectivity index (χ0n) is 8.14. The lowest BCUT2D eigenvalue weighted by Gasteiger charge is -2.33. The molecular weight excluding hydrogens is 144 g/mol. The average molecular weight is 162 g/mol. The third-order valence-electron chi connectivity index (χ3n) is 3.37. The van der Waals surface area contributed by atoms with Gasteiger partial charge in [0.05, 0.1) is 0 Å². The van der Waals surface area contributed by atoms with Gasteiger partial charge in [0.15, 0.2) is 0 Å². The summed E-state index contributed by atoms with van der Waals surface area (Å²) in [5.41, 5.74) is 3.23. The lowest BCUT2D eigenvalue weighted by molar-refractivity contribution is 0.300. The van der Waals surface area contributed by atoms with Gasteiger partial charge in [0.25, 0.3) is 0 Å². The molecule has 0 nitrogen and oxygen atoms in total. The van der Waals surface area contributed by atoms with Crippen LogP contribution in [0.5, 0.6) is 0 Å². The molecule has 2 aliphatic carbocycles. The molecule has 0 aromatic rings. The zero-order chi connectivity index (χ0) is 8.55. The largest absolute Gasteiger partial charge is 0.0853 e. The van der Waals surface area contributed by atoms with Gasteiger partial charge in [-0.3, -0.25) is 0 Å². The van der Waals surface area contributed by atoms with E-state index >= 15 is 0 Å². The maximum absolute atomic E-state index is 2.44. The summed E-state index contributed by atoms with van der Waals surface area (Å²) >= 11 is 0. The van der Waals surface area contributed by atoms with E-state index in [0.717, 1.165) is 11.8 Å². The highest BCUT2D eigenvalue weighted by Gasteiger charge is 2.26. The molecular formula is C12H18. The van der Waals surface area contributed by atoms with Gasteiger partial charge in [0.2, 0.25) is 0 Å². The molecule has 12 heavy (non-hydrogen) atoms.